The minimum Gasteiger partial charge on any atom is -0.314 e. The van der Waals surface area contributed by atoms with E-state index in [4.69, 9.17) is 5.73 Å². The third-order valence-corrected chi connectivity index (χ3v) is 10.2. The van der Waals surface area contributed by atoms with E-state index in [0.717, 1.165) is 38.1 Å². The number of hydrogen-bond donors (Lipinski definition) is 3. The average Bonchev–Trinajstić information content (AvgIpc) is 3.08. The fourth-order valence-electron chi connectivity index (χ4n) is 7.63. The molecule has 2 heterocycles. The van der Waals surface area contributed by atoms with Gasteiger partial charge in [-0.25, -0.2) is 0 Å². The highest BCUT2D eigenvalue weighted by molar-refractivity contribution is 5.21. The zero-order chi connectivity index (χ0) is 23.1. The number of nitrogens with zero attached hydrogens (tertiary/aromatic N) is 2. The number of nitrogens with one attached hydrogen (secondary N) is 2. The summed E-state index contributed by atoms with van der Waals surface area (Å²) in [6, 6.07) is 0.352. The lowest BCUT2D eigenvalue weighted by Crippen LogP contribution is -2.67. The van der Waals surface area contributed by atoms with Gasteiger partial charge in [0.2, 0.25) is 0 Å². The molecule has 0 bridgehead atoms. The van der Waals surface area contributed by atoms with E-state index in [9.17, 15) is 0 Å². The molecule has 32 heavy (non-hydrogen) atoms. The Hall–Kier alpha value is -0.720. The predicted molar refractivity (Wildman–Crippen MR) is 135 cm³/mol. The molecule has 5 nitrogen and oxygen atoms in total. The molecule has 0 amide bonds. The summed E-state index contributed by atoms with van der Waals surface area (Å²) in [5.41, 5.74) is 10.5. The molecule has 0 aromatic rings. The van der Waals surface area contributed by atoms with Crippen LogP contribution < -0.4 is 16.4 Å². The van der Waals surface area contributed by atoms with Gasteiger partial charge in [0.25, 0.3) is 0 Å². The Bertz CT molecular complexity index is 732. The fraction of sp³-hybridized carbons (Fsp3) is 0.852. The van der Waals surface area contributed by atoms with Gasteiger partial charge in [0.05, 0.1) is 25.0 Å². The van der Waals surface area contributed by atoms with Gasteiger partial charge in [0.1, 0.15) is 0 Å². The predicted octanol–water partition coefficient (Wildman–Crippen LogP) is 4.24. The second-order valence-corrected chi connectivity index (χ2v) is 12.0. The number of nitrogens with two attached hydrogens (primary N) is 1. The molecule has 0 aromatic heterocycles. The van der Waals surface area contributed by atoms with Crippen LogP contribution >= 0.6 is 0 Å². The van der Waals surface area contributed by atoms with Crippen molar-refractivity contribution in [3.8, 4) is 0 Å². The highest BCUT2D eigenvalue weighted by Gasteiger charge is 2.52. The van der Waals surface area contributed by atoms with Crippen LogP contribution in [0.15, 0.2) is 23.3 Å². The molecule has 4 rings (SSSR count). The smallest absolute Gasteiger partial charge is 0.0804 e. The Morgan fingerprint density at radius 2 is 2.06 bits per heavy atom. The molecule has 0 aromatic carbocycles. The number of likely N-dealkylation sites (N-methyl/N-ethyl adjacent to an activating group) is 1. The highest BCUT2D eigenvalue weighted by Crippen LogP contribution is 2.61. The largest absolute Gasteiger partial charge is 0.314 e. The van der Waals surface area contributed by atoms with E-state index >= 15 is 0 Å². The number of rotatable bonds is 6. The Balaban J connectivity index is 1.34. The monoisotopic (exact) mass is 443 g/mol. The molecule has 0 spiro atoms. The zero-order valence-electron chi connectivity index (χ0n) is 21.6. The molecular formula is C27H49N5. The van der Waals surface area contributed by atoms with Crippen LogP contribution in [0.1, 0.15) is 79.6 Å². The molecule has 4 N–H and O–H groups in total. The minimum atomic E-state index is 0.0475. The second-order valence-electron chi connectivity index (χ2n) is 12.0. The molecule has 182 valence electrons. The molecule has 7 atom stereocenters. The Morgan fingerprint density at radius 3 is 2.84 bits per heavy atom. The molecule has 0 radical (unpaired) electrons. The quantitative estimate of drug-likeness (QED) is 0.536. The Kier molecular flexibility index (Phi) is 7.24. The van der Waals surface area contributed by atoms with E-state index in [-0.39, 0.29) is 6.17 Å². The van der Waals surface area contributed by atoms with Gasteiger partial charge in [-0.05, 0) is 88.5 Å². The van der Waals surface area contributed by atoms with Crippen LogP contribution in [0.4, 0.5) is 0 Å². The molecule has 2 saturated heterocycles. The lowest BCUT2D eigenvalue weighted by molar-refractivity contribution is -0.0466. The summed E-state index contributed by atoms with van der Waals surface area (Å²) in [4.78, 5) is 4.94. The first-order valence-corrected chi connectivity index (χ1v) is 13.2. The average molecular weight is 444 g/mol. The van der Waals surface area contributed by atoms with Crippen molar-refractivity contribution in [3.05, 3.63) is 23.3 Å². The summed E-state index contributed by atoms with van der Waals surface area (Å²) in [5.74, 6) is 1.66. The molecule has 5 heteroatoms. The topological polar surface area (TPSA) is 56.6 Å². The van der Waals surface area contributed by atoms with Gasteiger partial charge in [-0.15, -0.1) is 0 Å². The zero-order valence-corrected chi connectivity index (χ0v) is 21.6. The maximum atomic E-state index is 6.40. The molecule has 2 aliphatic carbocycles. The van der Waals surface area contributed by atoms with Gasteiger partial charge in [-0.2, -0.15) is 0 Å². The summed E-state index contributed by atoms with van der Waals surface area (Å²) < 4.78 is 0. The lowest BCUT2D eigenvalue weighted by Gasteiger charge is -2.58. The van der Waals surface area contributed by atoms with Gasteiger partial charge < -0.3 is 5.73 Å². The van der Waals surface area contributed by atoms with Crippen LogP contribution in [0, 0.1) is 22.7 Å². The van der Waals surface area contributed by atoms with E-state index in [1.165, 1.54) is 38.5 Å². The lowest BCUT2D eigenvalue weighted by atomic mass is 9.47. The standard InChI is InChI=1S/C27H49N5/c1-19(9-8-16-32-18-31(6)25-23(32)24(28)29-17-30-25)12-14-26(4)21(3)13-15-27(5)20(2)10-7-11-22(26)27/h9-10,21-25,29-30H,7-8,11-18,28H2,1-6H3. The molecular weight excluding hydrogens is 394 g/mol. The fourth-order valence-corrected chi connectivity index (χ4v) is 7.63. The summed E-state index contributed by atoms with van der Waals surface area (Å²) in [6.07, 6.45) is 14.6. The van der Waals surface area contributed by atoms with E-state index in [2.05, 4.69) is 74.3 Å². The van der Waals surface area contributed by atoms with Crippen LogP contribution in [-0.4, -0.2) is 55.1 Å². The highest BCUT2D eigenvalue weighted by atomic mass is 15.5. The van der Waals surface area contributed by atoms with Crippen molar-refractivity contribution in [1.29, 1.82) is 0 Å². The second kappa shape index (κ2) is 9.50. The maximum absolute atomic E-state index is 6.40. The van der Waals surface area contributed by atoms with Gasteiger partial charge in [0, 0.05) is 13.2 Å². The maximum Gasteiger partial charge on any atom is 0.0804 e. The van der Waals surface area contributed by atoms with Crippen molar-refractivity contribution < 1.29 is 0 Å². The van der Waals surface area contributed by atoms with E-state index in [1.54, 1.807) is 11.1 Å². The SMILES string of the molecule is CC(=CCCN1CN(C)C2NCNC(N)C21)CCC1(C)C(C)CCC2(C)C(C)=CCCC21. The van der Waals surface area contributed by atoms with E-state index < -0.39 is 0 Å². The van der Waals surface area contributed by atoms with Crippen molar-refractivity contribution >= 4 is 0 Å². The van der Waals surface area contributed by atoms with Crippen LogP contribution in [0.3, 0.4) is 0 Å². The third kappa shape index (κ3) is 4.36. The van der Waals surface area contributed by atoms with Crippen molar-refractivity contribution in [1.82, 2.24) is 20.4 Å². The Labute approximate surface area is 197 Å². The first-order chi connectivity index (χ1) is 15.2. The van der Waals surface area contributed by atoms with Crippen molar-refractivity contribution in [2.24, 2.45) is 28.4 Å². The van der Waals surface area contributed by atoms with E-state index in [1.807, 2.05) is 0 Å². The summed E-state index contributed by atoms with van der Waals surface area (Å²) >= 11 is 0. The van der Waals surface area contributed by atoms with Crippen molar-refractivity contribution in [3.63, 3.8) is 0 Å². The summed E-state index contributed by atoms with van der Waals surface area (Å²) in [6.45, 7) is 15.3. The third-order valence-electron chi connectivity index (χ3n) is 10.2. The number of hydrogen-bond acceptors (Lipinski definition) is 5. The molecule has 4 aliphatic rings. The minimum absolute atomic E-state index is 0.0475. The first-order valence-electron chi connectivity index (χ1n) is 13.2. The molecule has 7 unspecified atom stereocenters. The summed E-state index contributed by atoms with van der Waals surface area (Å²) in [7, 11) is 2.20. The number of fused-ring (bicyclic) bond motifs is 2. The number of allylic oxidation sites excluding steroid dienone is 3. The molecule has 1 saturated carbocycles. The molecule has 3 fully saturated rings. The van der Waals surface area contributed by atoms with Gasteiger partial charge in [-0.1, -0.05) is 44.1 Å². The molecule has 2 aliphatic heterocycles. The normalized spacial score (nSPS) is 43.7. The van der Waals surface area contributed by atoms with Crippen LogP contribution in [-0.2, 0) is 0 Å². The van der Waals surface area contributed by atoms with Crippen LogP contribution in [0.2, 0.25) is 0 Å². The van der Waals surface area contributed by atoms with Gasteiger partial charge >= 0.3 is 0 Å². The van der Waals surface area contributed by atoms with Gasteiger partial charge in [-0.3, -0.25) is 20.4 Å². The van der Waals surface area contributed by atoms with Crippen LogP contribution in [0.5, 0.6) is 0 Å². The van der Waals surface area contributed by atoms with Crippen LogP contribution in [0.25, 0.3) is 0 Å². The Morgan fingerprint density at radius 1 is 1.28 bits per heavy atom. The summed E-state index contributed by atoms with van der Waals surface area (Å²) in [5, 5.41) is 6.93. The van der Waals surface area contributed by atoms with Crippen molar-refractivity contribution in [2.75, 3.05) is 26.9 Å². The van der Waals surface area contributed by atoms with Gasteiger partial charge in [0.15, 0.2) is 0 Å². The van der Waals surface area contributed by atoms with Crippen molar-refractivity contribution in [2.45, 2.75) is 97.9 Å². The first kappa shape index (κ1) is 24.4. The van der Waals surface area contributed by atoms with E-state index in [0.29, 0.717) is 23.0 Å².